The van der Waals surface area contributed by atoms with E-state index in [0.717, 1.165) is 20.9 Å². The number of nitrogens with one attached hydrogen (secondary N) is 1. The van der Waals surface area contributed by atoms with Crippen molar-refractivity contribution in [1.82, 2.24) is 5.32 Å². The third kappa shape index (κ3) is 4.51. The van der Waals surface area contributed by atoms with Crippen LogP contribution < -0.4 is 5.32 Å². The lowest BCUT2D eigenvalue weighted by Gasteiger charge is -2.12. The van der Waals surface area contributed by atoms with Gasteiger partial charge in [0.25, 0.3) is 5.91 Å². The van der Waals surface area contributed by atoms with Crippen molar-refractivity contribution >= 4 is 44.4 Å². The zero-order valence-corrected chi connectivity index (χ0v) is 12.2. The zero-order valence-electron chi connectivity index (χ0n) is 8.47. The Balaban J connectivity index is 2.57. The number of hydrogen-bond donors (Lipinski definition) is 1. The predicted octanol–water partition coefficient (Wildman–Crippen LogP) is 3.19. The van der Waals surface area contributed by atoms with Gasteiger partial charge in [-0.15, -0.1) is 0 Å². The molecular weight excluding hydrogens is 369 g/mol. The average molecular weight is 382 g/mol. The molecule has 0 fully saturated rings. The molecule has 0 aromatic heterocycles. The van der Waals surface area contributed by atoms with Gasteiger partial charge in [-0.25, -0.2) is 0 Å². The van der Waals surface area contributed by atoms with Crippen LogP contribution in [0.3, 0.4) is 0 Å². The lowest BCUT2D eigenvalue weighted by Crippen LogP contribution is -2.32. The molecule has 1 aromatic rings. The lowest BCUT2D eigenvalue weighted by atomic mass is 10.2. The van der Waals surface area contributed by atoms with E-state index in [4.69, 9.17) is 0 Å². The molecule has 15 heavy (non-hydrogen) atoms. The highest BCUT2D eigenvalue weighted by atomic mass is 127. The number of hydrogen-bond acceptors (Lipinski definition) is 1. The fraction of sp³-hybridized carbons (Fsp3) is 0.364. The van der Waals surface area contributed by atoms with Gasteiger partial charge in [0.2, 0.25) is 0 Å². The van der Waals surface area contributed by atoms with Gasteiger partial charge in [0.15, 0.2) is 0 Å². The number of halogens is 2. The molecule has 1 aromatic carbocycles. The minimum Gasteiger partial charge on any atom is -0.350 e. The van der Waals surface area contributed by atoms with Crippen LogP contribution in [-0.2, 0) is 0 Å². The van der Waals surface area contributed by atoms with Crippen molar-refractivity contribution in [3.05, 3.63) is 33.4 Å². The van der Waals surface area contributed by atoms with Gasteiger partial charge in [-0.2, -0.15) is 0 Å². The summed E-state index contributed by atoms with van der Waals surface area (Å²) in [5, 5.41) is 3.85. The summed E-state index contributed by atoms with van der Waals surface area (Å²) in [6.07, 6.45) is 0.941. The minimum atomic E-state index is -0.000139. The number of rotatable bonds is 4. The first-order valence-electron chi connectivity index (χ1n) is 4.76. The highest BCUT2D eigenvalue weighted by Crippen LogP contribution is 2.07. The summed E-state index contributed by atoms with van der Waals surface area (Å²) in [6.45, 7) is 2.01. The van der Waals surface area contributed by atoms with Crippen LogP contribution in [0.4, 0.5) is 0 Å². The standard InChI is InChI=1S/C11H13BrINO/c1-8(6-7-12)14-11(15)9-2-4-10(13)5-3-9/h2-5,8H,6-7H2,1H3,(H,14,15). The highest BCUT2D eigenvalue weighted by molar-refractivity contribution is 14.1. The first-order valence-corrected chi connectivity index (χ1v) is 6.96. The molecule has 0 saturated carbocycles. The Hall–Kier alpha value is -0.100. The topological polar surface area (TPSA) is 29.1 Å². The second-order valence-electron chi connectivity index (χ2n) is 3.36. The molecule has 1 atom stereocenters. The van der Waals surface area contributed by atoms with Crippen LogP contribution in [0.1, 0.15) is 23.7 Å². The molecule has 2 nitrogen and oxygen atoms in total. The molecule has 0 heterocycles. The summed E-state index contributed by atoms with van der Waals surface area (Å²) in [7, 11) is 0. The van der Waals surface area contributed by atoms with Crippen molar-refractivity contribution in [1.29, 1.82) is 0 Å². The van der Waals surface area contributed by atoms with Crippen LogP contribution in [0.5, 0.6) is 0 Å². The summed E-state index contributed by atoms with van der Waals surface area (Å²) in [5.41, 5.74) is 0.719. The maximum absolute atomic E-state index is 11.7. The summed E-state index contributed by atoms with van der Waals surface area (Å²) in [6, 6.07) is 7.77. The first-order chi connectivity index (χ1) is 7.13. The van der Waals surface area contributed by atoms with Gasteiger partial charge in [-0.1, -0.05) is 15.9 Å². The monoisotopic (exact) mass is 381 g/mol. The van der Waals surface area contributed by atoms with Crippen molar-refractivity contribution in [3.8, 4) is 0 Å². The first kappa shape index (κ1) is 13.0. The van der Waals surface area contributed by atoms with Gasteiger partial charge >= 0.3 is 0 Å². The molecular formula is C11H13BrINO. The van der Waals surface area contributed by atoms with E-state index in [-0.39, 0.29) is 11.9 Å². The fourth-order valence-electron chi connectivity index (χ4n) is 1.14. The third-order valence-corrected chi connectivity index (χ3v) is 3.20. The second-order valence-corrected chi connectivity index (χ2v) is 5.40. The van der Waals surface area contributed by atoms with Crippen LogP contribution >= 0.6 is 38.5 Å². The van der Waals surface area contributed by atoms with Crippen molar-refractivity contribution < 1.29 is 4.79 Å². The molecule has 0 aliphatic heterocycles. The van der Waals surface area contributed by atoms with Crippen LogP contribution in [0, 0.1) is 3.57 Å². The Bertz CT molecular complexity index is 326. The Morgan fingerprint density at radius 1 is 1.47 bits per heavy atom. The van der Waals surface area contributed by atoms with Gasteiger partial charge in [0.1, 0.15) is 0 Å². The number of carbonyl (C=O) groups excluding carboxylic acids is 1. The normalized spacial score (nSPS) is 12.2. The smallest absolute Gasteiger partial charge is 0.251 e. The van der Waals surface area contributed by atoms with E-state index in [0.29, 0.717) is 0 Å². The van der Waals surface area contributed by atoms with Crippen molar-refractivity contribution in [2.24, 2.45) is 0 Å². The van der Waals surface area contributed by atoms with E-state index in [9.17, 15) is 4.79 Å². The Kier molecular flexibility index (Phi) is 5.60. The van der Waals surface area contributed by atoms with Crippen LogP contribution in [0.2, 0.25) is 0 Å². The maximum Gasteiger partial charge on any atom is 0.251 e. The SMILES string of the molecule is CC(CCBr)NC(=O)c1ccc(I)cc1. The number of alkyl halides is 1. The number of amides is 1. The van der Waals surface area contributed by atoms with Gasteiger partial charge < -0.3 is 5.32 Å². The second kappa shape index (κ2) is 6.48. The largest absolute Gasteiger partial charge is 0.350 e. The van der Waals surface area contributed by atoms with E-state index < -0.39 is 0 Å². The molecule has 0 bridgehead atoms. The molecule has 82 valence electrons. The summed E-state index contributed by atoms with van der Waals surface area (Å²) >= 11 is 5.57. The summed E-state index contributed by atoms with van der Waals surface area (Å²) < 4.78 is 1.14. The van der Waals surface area contributed by atoms with E-state index in [1.54, 1.807) is 0 Å². The molecule has 4 heteroatoms. The molecule has 0 radical (unpaired) electrons. The molecule has 1 unspecified atom stereocenters. The van der Waals surface area contributed by atoms with Gasteiger partial charge in [-0.3, -0.25) is 4.79 Å². The summed E-state index contributed by atoms with van der Waals surface area (Å²) in [5.74, 6) is -0.000139. The summed E-state index contributed by atoms with van der Waals surface area (Å²) in [4.78, 5) is 11.7. The van der Waals surface area contributed by atoms with Crippen LogP contribution in [0.15, 0.2) is 24.3 Å². The zero-order chi connectivity index (χ0) is 11.3. The fourth-order valence-corrected chi connectivity index (χ4v) is 2.19. The lowest BCUT2D eigenvalue weighted by molar-refractivity contribution is 0.0939. The van der Waals surface area contributed by atoms with Gasteiger partial charge in [-0.05, 0) is 60.2 Å². The number of carbonyl (C=O) groups is 1. The molecule has 1 N–H and O–H groups in total. The molecule has 1 amide bonds. The van der Waals surface area contributed by atoms with Gasteiger partial charge in [0, 0.05) is 20.5 Å². The third-order valence-electron chi connectivity index (χ3n) is 2.03. The van der Waals surface area contributed by atoms with Crippen LogP contribution in [-0.4, -0.2) is 17.3 Å². The molecule has 0 aliphatic carbocycles. The molecule has 0 aliphatic rings. The van der Waals surface area contributed by atoms with Crippen LogP contribution in [0.25, 0.3) is 0 Å². The van der Waals surface area contributed by atoms with E-state index >= 15 is 0 Å². The average Bonchev–Trinajstić information content (AvgIpc) is 2.18. The molecule has 0 saturated heterocycles. The van der Waals surface area contributed by atoms with Crippen molar-refractivity contribution in [2.45, 2.75) is 19.4 Å². The molecule has 0 spiro atoms. The minimum absolute atomic E-state index is 0.000139. The number of benzene rings is 1. The maximum atomic E-state index is 11.7. The van der Waals surface area contributed by atoms with Crippen molar-refractivity contribution in [3.63, 3.8) is 0 Å². The van der Waals surface area contributed by atoms with Gasteiger partial charge in [0.05, 0.1) is 0 Å². The quantitative estimate of drug-likeness (QED) is 0.629. The highest BCUT2D eigenvalue weighted by Gasteiger charge is 2.08. The Labute approximate surface area is 112 Å². The predicted molar refractivity (Wildman–Crippen MR) is 74.5 cm³/mol. The Morgan fingerprint density at radius 3 is 2.60 bits per heavy atom. The van der Waals surface area contributed by atoms with E-state index in [1.165, 1.54) is 0 Å². The van der Waals surface area contributed by atoms with E-state index in [1.807, 2.05) is 31.2 Å². The Morgan fingerprint density at radius 2 is 2.07 bits per heavy atom. The van der Waals surface area contributed by atoms with Crippen molar-refractivity contribution in [2.75, 3.05) is 5.33 Å². The molecule has 1 rings (SSSR count). The van der Waals surface area contributed by atoms with E-state index in [2.05, 4.69) is 43.8 Å².